The topological polar surface area (TPSA) is 88.8 Å². The van der Waals surface area contributed by atoms with E-state index in [0.29, 0.717) is 18.7 Å². The summed E-state index contributed by atoms with van der Waals surface area (Å²) in [7, 11) is 1.57. The van der Waals surface area contributed by atoms with Crippen molar-refractivity contribution in [3.05, 3.63) is 47.4 Å². The molecule has 3 aromatic heterocycles. The number of hydrogen-bond acceptors (Lipinski definition) is 6. The Hall–Kier alpha value is -2.45. The lowest BCUT2D eigenvalue weighted by Gasteiger charge is -2.38. The number of imidazole rings is 1. The Morgan fingerprint density at radius 2 is 2.35 bits per heavy atom. The highest BCUT2D eigenvalue weighted by Gasteiger charge is 2.35. The largest absolute Gasteiger partial charge is 0.481 e. The summed E-state index contributed by atoms with van der Waals surface area (Å²) in [6.45, 7) is 0. The summed E-state index contributed by atoms with van der Waals surface area (Å²) >= 11 is 1.54. The molecule has 1 atom stereocenters. The molecule has 3 aromatic rings. The highest BCUT2D eigenvalue weighted by atomic mass is 32.1. The minimum absolute atomic E-state index is 0.0852. The molecule has 7 nitrogen and oxygen atoms in total. The van der Waals surface area contributed by atoms with Crippen molar-refractivity contribution in [2.75, 3.05) is 7.11 Å². The van der Waals surface area contributed by atoms with Crippen molar-refractivity contribution in [2.24, 2.45) is 5.92 Å². The molecule has 26 heavy (non-hydrogen) atoms. The maximum Gasteiger partial charge on any atom is 0.226 e. The number of thiazole rings is 1. The van der Waals surface area contributed by atoms with E-state index in [1.165, 1.54) is 11.3 Å². The number of carbonyl (C=O) groups is 1. The van der Waals surface area contributed by atoms with E-state index in [4.69, 9.17) is 4.74 Å². The van der Waals surface area contributed by atoms with Gasteiger partial charge in [0, 0.05) is 30.0 Å². The molecule has 1 saturated carbocycles. The van der Waals surface area contributed by atoms with Crippen LogP contribution in [0.25, 0.3) is 4.96 Å². The lowest BCUT2D eigenvalue weighted by Crippen LogP contribution is -2.42. The Morgan fingerprint density at radius 3 is 3.00 bits per heavy atom. The smallest absolute Gasteiger partial charge is 0.226 e. The number of nitrogens with one attached hydrogen (secondary N) is 1. The summed E-state index contributed by atoms with van der Waals surface area (Å²) in [5, 5.41) is 14.7. The molecule has 0 radical (unpaired) electrons. The fraction of sp³-hybridized carbons (Fsp3) is 0.389. The highest BCUT2D eigenvalue weighted by Crippen LogP contribution is 2.38. The van der Waals surface area contributed by atoms with Crippen molar-refractivity contribution in [2.45, 2.75) is 31.4 Å². The Labute approximate surface area is 154 Å². The number of ether oxygens (including phenoxy) is 1. The molecule has 0 aliphatic heterocycles. The number of pyridine rings is 1. The Morgan fingerprint density at radius 1 is 1.50 bits per heavy atom. The van der Waals surface area contributed by atoms with Crippen LogP contribution in [0.3, 0.4) is 0 Å². The second-order valence-electron chi connectivity index (χ2n) is 6.57. The third-order valence-electron chi connectivity index (χ3n) is 4.75. The number of rotatable bonds is 6. The second kappa shape index (κ2) is 7.05. The van der Waals surface area contributed by atoms with E-state index in [1.807, 2.05) is 28.2 Å². The highest BCUT2D eigenvalue weighted by molar-refractivity contribution is 7.15. The molecule has 8 heteroatoms. The van der Waals surface area contributed by atoms with Gasteiger partial charge in [0.2, 0.25) is 11.8 Å². The zero-order chi connectivity index (χ0) is 18.1. The van der Waals surface area contributed by atoms with Crippen molar-refractivity contribution >= 4 is 22.2 Å². The van der Waals surface area contributed by atoms with Crippen LogP contribution in [0.2, 0.25) is 0 Å². The quantitative estimate of drug-likeness (QED) is 0.691. The van der Waals surface area contributed by atoms with Gasteiger partial charge >= 0.3 is 0 Å². The standard InChI is InChI=1S/C18H20N4O3S/c1-25-16-3-2-11(9-19-16)17(12-6-14(23)7-12)21-15(24)8-13-10-22-4-5-26-18(22)20-13/h2-5,9-10,12,14,17,23H,6-8H2,1H3,(H,21,24)/t12?,14?,17-/m1/s1. The van der Waals surface area contributed by atoms with Crippen molar-refractivity contribution in [3.63, 3.8) is 0 Å². The van der Waals surface area contributed by atoms with Gasteiger partial charge in [-0.1, -0.05) is 6.07 Å². The number of aliphatic hydroxyl groups excluding tert-OH is 1. The summed E-state index contributed by atoms with van der Waals surface area (Å²) in [6.07, 6.45) is 6.82. The van der Waals surface area contributed by atoms with E-state index in [2.05, 4.69) is 15.3 Å². The van der Waals surface area contributed by atoms with Gasteiger partial charge < -0.3 is 15.2 Å². The minimum atomic E-state index is -0.287. The Kier molecular flexibility index (Phi) is 4.60. The molecular formula is C18H20N4O3S. The summed E-state index contributed by atoms with van der Waals surface area (Å²) < 4.78 is 7.02. The van der Waals surface area contributed by atoms with Gasteiger partial charge in [-0.25, -0.2) is 9.97 Å². The maximum absolute atomic E-state index is 12.6. The van der Waals surface area contributed by atoms with Crippen molar-refractivity contribution in [3.8, 4) is 5.88 Å². The number of aliphatic hydroxyl groups is 1. The molecule has 1 aliphatic carbocycles. The molecule has 0 unspecified atom stereocenters. The van der Waals surface area contributed by atoms with Crippen LogP contribution >= 0.6 is 11.3 Å². The summed E-state index contributed by atoms with van der Waals surface area (Å²) in [4.78, 5) is 22.2. The second-order valence-corrected chi connectivity index (χ2v) is 7.44. The summed E-state index contributed by atoms with van der Waals surface area (Å²) in [5.74, 6) is 0.651. The molecule has 0 bridgehead atoms. The van der Waals surface area contributed by atoms with Gasteiger partial charge in [0.1, 0.15) is 0 Å². The van der Waals surface area contributed by atoms with Crippen molar-refractivity contribution in [1.29, 1.82) is 0 Å². The molecule has 4 rings (SSSR count). The van der Waals surface area contributed by atoms with E-state index >= 15 is 0 Å². The summed E-state index contributed by atoms with van der Waals surface area (Å²) in [6, 6.07) is 3.52. The van der Waals surface area contributed by atoms with Gasteiger partial charge in [0.25, 0.3) is 0 Å². The van der Waals surface area contributed by atoms with Gasteiger partial charge in [-0.2, -0.15) is 0 Å². The Bertz CT molecular complexity index is 870. The first-order chi connectivity index (χ1) is 12.6. The van der Waals surface area contributed by atoms with Gasteiger partial charge in [-0.15, -0.1) is 11.3 Å². The first kappa shape index (κ1) is 17.0. The number of amides is 1. The predicted molar refractivity (Wildman–Crippen MR) is 97.2 cm³/mol. The van der Waals surface area contributed by atoms with Crippen LogP contribution in [0.5, 0.6) is 5.88 Å². The van der Waals surface area contributed by atoms with Crippen LogP contribution in [-0.4, -0.2) is 38.6 Å². The van der Waals surface area contributed by atoms with Crippen LogP contribution in [-0.2, 0) is 11.2 Å². The number of hydrogen-bond donors (Lipinski definition) is 2. The van der Waals surface area contributed by atoms with Crippen LogP contribution < -0.4 is 10.1 Å². The fourth-order valence-electron chi connectivity index (χ4n) is 3.32. The van der Waals surface area contributed by atoms with E-state index < -0.39 is 0 Å². The third-order valence-corrected chi connectivity index (χ3v) is 5.52. The Balaban J connectivity index is 1.48. The SMILES string of the molecule is COc1ccc([C@@H](NC(=O)Cc2cn3ccsc3n2)C2CC(O)C2)cn1. The number of aromatic nitrogens is 3. The molecule has 0 aromatic carbocycles. The molecule has 1 fully saturated rings. The van der Waals surface area contributed by atoms with E-state index in [1.54, 1.807) is 19.4 Å². The van der Waals surface area contributed by atoms with Crippen molar-refractivity contribution < 1.29 is 14.6 Å². The van der Waals surface area contributed by atoms with Gasteiger partial charge in [-0.3, -0.25) is 9.20 Å². The number of carbonyl (C=O) groups excluding carboxylic acids is 1. The predicted octanol–water partition coefficient (Wildman–Crippen LogP) is 1.97. The number of nitrogens with zero attached hydrogens (tertiary/aromatic N) is 3. The minimum Gasteiger partial charge on any atom is -0.481 e. The molecule has 0 spiro atoms. The average molecular weight is 372 g/mol. The maximum atomic E-state index is 12.6. The lowest BCUT2D eigenvalue weighted by molar-refractivity contribution is -0.122. The first-order valence-electron chi connectivity index (χ1n) is 8.51. The van der Waals surface area contributed by atoms with Gasteiger partial charge in [0.15, 0.2) is 4.96 Å². The van der Waals surface area contributed by atoms with E-state index in [0.717, 1.165) is 16.2 Å². The molecule has 136 valence electrons. The molecule has 1 amide bonds. The van der Waals surface area contributed by atoms with Gasteiger partial charge in [-0.05, 0) is 24.3 Å². The molecule has 3 heterocycles. The molecule has 0 saturated heterocycles. The monoisotopic (exact) mass is 372 g/mol. The van der Waals surface area contributed by atoms with Crippen molar-refractivity contribution in [1.82, 2.24) is 19.7 Å². The van der Waals surface area contributed by atoms with Crippen LogP contribution in [0.4, 0.5) is 0 Å². The van der Waals surface area contributed by atoms with Gasteiger partial charge in [0.05, 0.1) is 31.4 Å². The fourth-order valence-corrected chi connectivity index (χ4v) is 4.04. The summed E-state index contributed by atoms with van der Waals surface area (Å²) in [5.41, 5.74) is 1.66. The molecule has 1 aliphatic rings. The number of fused-ring (bicyclic) bond motifs is 1. The zero-order valence-corrected chi connectivity index (χ0v) is 15.1. The van der Waals surface area contributed by atoms with Crippen LogP contribution in [0, 0.1) is 5.92 Å². The normalized spacial score (nSPS) is 20.5. The number of methoxy groups -OCH3 is 1. The first-order valence-corrected chi connectivity index (χ1v) is 9.39. The van der Waals surface area contributed by atoms with Crippen LogP contribution in [0.1, 0.15) is 30.1 Å². The average Bonchev–Trinajstić information content (AvgIpc) is 3.19. The van der Waals surface area contributed by atoms with E-state index in [-0.39, 0.29) is 30.4 Å². The molecular weight excluding hydrogens is 352 g/mol. The van der Waals surface area contributed by atoms with E-state index in [9.17, 15) is 9.90 Å². The zero-order valence-electron chi connectivity index (χ0n) is 14.3. The molecule has 2 N–H and O–H groups in total. The lowest BCUT2D eigenvalue weighted by atomic mass is 9.75. The van der Waals surface area contributed by atoms with Crippen LogP contribution in [0.15, 0.2) is 36.1 Å². The third kappa shape index (κ3) is 3.42.